The minimum Gasteiger partial charge on any atom is -0.268 e. The average molecular weight is 675 g/mol. The summed E-state index contributed by atoms with van der Waals surface area (Å²) in [5.74, 6) is -0.796. The first-order valence-corrected chi connectivity index (χ1v) is 19.7. The third-order valence-corrected chi connectivity index (χ3v) is 14.3. The molecule has 1 unspecified atom stereocenters. The van der Waals surface area contributed by atoms with Gasteiger partial charge in [0.2, 0.25) is 0 Å². The van der Waals surface area contributed by atoms with Gasteiger partial charge >= 0.3 is 0 Å². The zero-order valence-electron chi connectivity index (χ0n) is 26.1. The number of unbranched alkanes of at least 4 members (excludes halogenated alkanes) is 7. The maximum Gasteiger partial charge on any atom is 0.269 e. The van der Waals surface area contributed by atoms with Crippen LogP contribution in [-0.2, 0) is 30.1 Å². The number of hydrogen-bond donors (Lipinski definition) is 0. The lowest BCUT2D eigenvalue weighted by Gasteiger charge is -2.31. The van der Waals surface area contributed by atoms with Crippen molar-refractivity contribution in [3.63, 3.8) is 0 Å². The molecule has 0 bridgehead atoms. The molecule has 0 radical (unpaired) electrons. The summed E-state index contributed by atoms with van der Waals surface area (Å²) >= 11 is 0. The molecule has 244 valence electrons. The Balaban J connectivity index is 1.75. The Morgan fingerprint density at radius 2 is 1.16 bits per heavy atom. The molecule has 1 aliphatic heterocycles. The second-order valence-electron chi connectivity index (χ2n) is 11.6. The van der Waals surface area contributed by atoms with Gasteiger partial charge < -0.3 is 0 Å². The van der Waals surface area contributed by atoms with Gasteiger partial charge in [-0.1, -0.05) is 110 Å². The molecule has 0 N–H and O–H groups in total. The third-order valence-electron chi connectivity index (χ3n) is 8.11. The summed E-state index contributed by atoms with van der Waals surface area (Å²) in [7, 11) is -13.8. The molecule has 0 aliphatic carbocycles. The molecule has 0 saturated heterocycles. The number of fused-ring (bicyclic) bond motifs is 1. The minimum absolute atomic E-state index is 0.0206. The molecule has 12 heteroatoms. The molecule has 0 saturated carbocycles. The molecule has 0 aromatic heterocycles. The largest absolute Gasteiger partial charge is 0.269 e. The quantitative estimate of drug-likeness (QED) is 0.160. The van der Waals surface area contributed by atoms with Crippen LogP contribution in [0.2, 0.25) is 0 Å². The van der Waals surface area contributed by atoms with Crippen molar-refractivity contribution in [3.8, 4) is 0 Å². The second-order valence-corrected chi connectivity index (χ2v) is 17.4. The standard InChI is InChI=1S/C33H42N2O7S3/c1-4-5-6-7-8-9-10-11-14-28(35-33(36)31-15-12-13-16-32(31)45(35,41)42)25-34(43(37,38)29-21-17-26(2)18-22-29)44(39,40)30-23-19-27(3)20-24-30/h12-13,15-24,28H,4-11,14,25H2,1-3H3. The van der Waals surface area contributed by atoms with E-state index in [1.807, 2.05) is 0 Å². The van der Waals surface area contributed by atoms with E-state index in [1.54, 1.807) is 44.2 Å². The van der Waals surface area contributed by atoms with E-state index < -0.39 is 48.6 Å². The molecule has 1 heterocycles. The van der Waals surface area contributed by atoms with E-state index in [0.29, 0.717) is 14.4 Å². The molecule has 3 aromatic rings. The lowest BCUT2D eigenvalue weighted by Crippen LogP contribution is -2.50. The first kappa shape index (κ1) is 34.8. The average Bonchev–Trinajstić information content (AvgIpc) is 3.21. The Bertz CT molecular complexity index is 1730. The minimum atomic E-state index is -4.72. The molecule has 45 heavy (non-hydrogen) atoms. The Hall–Kier alpha value is -3.06. The Labute approximate surface area is 268 Å². The number of sulfonamides is 3. The Morgan fingerprint density at radius 1 is 0.689 bits per heavy atom. The summed E-state index contributed by atoms with van der Waals surface area (Å²) in [6.07, 6.45) is 7.73. The molecule has 1 amide bonds. The fourth-order valence-electron chi connectivity index (χ4n) is 5.51. The zero-order valence-corrected chi connectivity index (χ0v) is 28.5. The summed E-state index contributed by atoms with van der Waals surface area (Å²) in [6, 6.07) is 16.1. The summed E-state index contributed by atoms with van der Waals surface area (Å²) < 4.78 is 85.1. The van der Waals surface area contributed by atoms with Gasteiger partial charge in [-0.3, -0.25) is 4.79 Å². The van der Waals surface area contributed by atoms with E-state index in [-0.39, 0.29) is 26.7 Å². The lowest BCUT2D eigenvalue weighted by molar-refractivity contribution is 0.0820. The summed E-state index contributed by atoms with van der Waals surface area (Å²) in [4.78, 5) is 12.9. The summed E-state index contributed by atoms with van der Waals surface area (Å²) in [5, 5.41) is 0. The number of hydrogen-bond acceptors (Lipinski definition) is 7. The molecule has 9 nitrogen and oxygen atoms in total. The van der Waals surface area contributed by atoms with Gasteiger partial charge in [-0.15, -0.1) is 0 Å². The van der Waals surface area contributed by atoms with Gasteiger partial charge in [0.1, 0.15) is 4.90 Å². The molecule has 0 spiro atoms. The lowest BCUT2D eigenvalue weighted by atomic mass is 10.0. The molecular formula is C33H42N2O7S3. The number of aryl methyl sites for hydroxylation is 2. The third kappa shape index (κ3) is 7.67. The Morgan fingerprint density at radius 3 is 1.64 bits per heavy atom. The number of amides is 1. The van der Waals surface area contributed by atoms with Crippen LogP contribution in [0, 0.1) is 13.8 Å². The molecule has 0 fully saturated rings. The molecule has 1 aliphatic rings. The van der Waals surface area contributed by atoms with Crippen molar-refractivity contribution < 1.29 is 30.0 Å². The van der Waals surface area contributed by atoms with Crippen LogP contribution in [0.5, 0.6) is 0 Å². The van der Waals surface area contributed by atoms with Gasteiger partial charge in [0.25, 0.3) is 36.0 Å². The molecule has 3 aromatic carbocycles. The number of rotatable bonds is 16. The predicted octanol–water partition coefficient (Wildman–Crippen LogP) is 6.43. The number of benzene rings is 3. The number of nitrogens with zero attached hydrogens (tertiary/aromatic N) is 2. The van der Waals surface area contributed by atoms with Gasteiger partial charge in [0, 0.05) is 0 Å². The van der Waals surface area contributed by atoms with Crippen molar-refractivity contribution in [2.45, 2.75) is 99.3 Å². The number of carbonyl (C=O) groups excluding carboxylic acids is 1. The van der Waals surface area contributed by atoms with Crippen LogP contribution >= 0.6 is 0 Å². The summed E-state index contributed by atoms with van der Waals surface area (Å²) in [5.41, 5.74) is 1.54. The van der Waals surface area contributed by atoms with Crippen LogP contribution in [0.1, 0.15) is 86.2 Å². The monoisotopic (exact) mass is 674 g/mol. The maximum absolute atomic E-state index is 14.1. The first-order valence-electron chi connectivity index (χ1n) is 15.4. The fourth-order valence-corrected chi connectivity index (χ4v) is 11.0. The van der Waals surface area contributed by atoms with Crippen molar-refractivity contribution in [3.05, 3.63) is 89.5 Å². The molecular weight excluding hydrogens is 633 g/mol. The second kappa shape index (κ2) is 14.6. The van der Waals surface area contributed by atoms with Crippen molar-refractivity contribution in [1.82, 2.24) is 8.02 Å². The molecule has 1 atom stereocenters. The highest BCUT2D eigenvalue weighted by Crippen LogP contribution is 2.35. The highest BCUT2D eigenvalue weighted by atomic mass is 32.3. The van der Waals surface area contributed by atoms with Crippen molar-refractivity contribution >= 4 is 36.0 Å². The Kier molecular flexibility index (Phi) is 11.3. The van der Waals surface area contributed by atoms with E-state index in [4.69, 9.17) is 0 Å². The maximum atomic E-state index is 14.1. The van der Waals surface area contributed by atoms with E-state index in [9.17, 15) is 30.0 Å². The van der Waals surface area contributed by atoms with Gasteiger partial charge in [-0.05, 0) is 56.7 Å². The highest BCUT2D eigenvalue weighted by Gasteiger charge is 2.48. The fraction of sp³-hybridized carbons (Fsp3) is 0.424. The van der Waals surface area contributed by atoms with E-state index >= 15 is 0 Å². The highest BCUT2D eigenvalue weighted by molar-refractivity contribution is 8.04. The van der Waals surface area contributed by atoms with Crippen LogP contribution in [0.25, 0.3) is 0 Å². The SMILES string of the molecule is CCCCCCCCCCC(CN(S(=O)(=O)c1ccc(C)cc1)S(=O)(=O)c1ccc(C)cc1)N1C(=O)c2ccccc2S1(=O)=O. The first-order chi connectivity index (χ1) is 21.3. The van der Waals surface area contributed by atoms with Crippen LogP contribution in [-0.4, -0.2) is 51.8 Å². The van der Waals surface area contributed by atoms with E-state index in [0.717, 1.165) is 56.1 Å². The number of carbonyl (C=O) groups is 1. The van der Waals surface area contributed by atoms with Gasteiger partial charge in [-0.2, -0.15) is 0 Å². The van der Waals surface area contributed by atoms with E-state index in [1.165, 1.54) is 42.5 Å². The van der Waals surface area contributed by atoms with Crippen molar-refractivity contribution in [2.24, 2.45) is 0 Å². The van der Waals surface area contributed by atoms with Crippen LogP contribution in [0.4, 0.5) is 0 Å². The van der Waals surface area contributed by atoms with Crippen molar-refractivity contribution in [1.29, 1.82) is 0 Å². The smallest absolute Gasteiger partial charge is 0.268 e. The molecule has 4 rings (SSSR count). The zero-order chi connectivity index (χ0) is 32.8. The van der Waals surface area contributed by atoms with Crippen LogP contribution in [0.3, 0.4) is 0 Å². The predicted molar refractivity (Wildman–Crippen MR) is 174 cm³/mol. The topological polar surface area (TPSA) is 126 Å². The van der Waals surface area contributed by atoms with Gasteiger partial charge in [-0.25, -0.2) is 29.6 Å². The van der Waals surface area contributed by atoms with Gasteiger partial charge in [0.05, 0.1) is 27.9 Å². The normalized spacial score (nSPS) is 15.4. The summed E-state index contributed by atoms with van der Waals surface area (Å²) in [6.45, 7) is 4.94. The van der Waals surface area contributed by atoms with Gasteiger partial charge in [0.15, 0.2) is 0 Å². The van der Waals surface area contributed by atoms with E-state index in [2.05, 4.69) is 6.92 Å². The van der Waals surface area contributed by atoms with Crippen molar-refractivity contribution in [2.75, 3.05) is 6.54 Å². The van der Waals surface area contributed by atoms with Crippen LogP contribution < -0.4 is 0 Å². The van der Waals surface area contributed by atoms with Crippen LogP contribution in [0.15, 0.2) is 87.5 Å².